The van der Waals surface area contributed by atoms with Crippen LogP contribution in [-0.4, -0.2) is 18.8 Å². The SMILES string of the molecule is CCCCCCCCCNC(=S)Nc1cc(Cl)ccc1OC. The molecule has 0 aromatic heterocycles. The summed E-state index contributed by atoms with van der Waals surface area (Å²) in [5.74, 6) is 0.726. The molecular formula is C17H27ClN2OS. The van der Waals surface area contributed by atoms with Crippen LogP contribution in [0.2, 0.25) is 5.02 Å². The first-order valence-electron chi connectivity index (χ1n) is 8.05. The van der Waals surface area contributed by atoms with E-state index in [2.05, 4.69) is 17.6 Å². The number of nitrogens with one attached hydrogen (secondary N) is 2. The fourth-order valence-electron chi connectivity index (χ4n) is 2.23. The molecule has 0 heterocycles. The van der Waals surface area contributed by atoms with Gasteiger partial charge in [0.25, 0.3) is 0 Å². The van der Waals surface area contributed by atoms with Crippen molar-refractivity contribution >= 4 is 34.6 Å². The predicted molar refractivity (Wildman–Crippen MR) is 100 cm³/mol. The molecule has 124 valence electrons. The van der Waals surface area contributed by atoms with E-state index >= 15 is 0 Å². The molecule has 0 aliphatic heterocycles. The Kier molecular flexibility index (Phi) is 10.0. The molecule has 0 radical (unpaired) electrons. The molecule has 0 bridgehead atoms. The molecule has 0 aliphatic carbocycles. The number of methoxy groups -OCH3 is 1. The zero-order valence-corrected chi connectivity index (χ0v) is 15.2. The molecule has 0 atom stereocenters. The van der Waals surface area contributed by atoms with Crippen LogP contribution < -0.4 is 15.4 Å². The molecule has 0 aliphatic rings. The highest BCUT2D eigenvalue weighted by Gasteiger charge is 2.05. The van der Waals surface area contributed by atoms with Gasteiger partial charge < -0.3 is 15.4 Å². The van der Waals surface area contributed by atoms with Crippen LogP contribution in [0.15, 0.2) is 18.2 Å². The highest BCUT2D eigenvalue weighted by atomic mass is 35.5. The van der Waals surface area contributed by atoms with Crippen molar-refractivity contribution < 1.29 is 4.74 Å². The Hall–Kier alpha value is -1.00. The topological polar surface area (TPSA) is 33.3 Å². The van der Waals surface area contributed by atoms with Crippen LogP contribution in [0, 0.1) is 0 Å². The van der Waals surface area contributed by atoms with Crippen molar-refractivity contribution in [2.45, 2.75) is 51.9 Å². The summed E-state index contributed by atoms with van der Waals surface area (Å²) in [6, 6.07) is 5.42. The molecule has 0 fully saturated rings. The van der Waals surface area contributed by atoms with Crippen LogP contribution in [-0.2, 0) is 0 Å². The van der Waals surface area contributed by atoms with Crippen LogP contribution in [0.4, 0.5) is 5.69 Å². The Morgan fingerprint density at radius 3 is 2.50 bits per heavy atom. The molecule has 3 nitrogen and oxygen atoms in total. The molecule has 5 heteroatoms. The van der Waals surface area contributed by atoms with E-state index in [1.165, 1.54) is 38.5 Å². The summed E-state index contributed by atoms with van der Waals surface area (Å²) >= 11 is 11.3. The van der Waals surface area contributed by atoms with E-state index in [0.717, 1.165) is 24.4 Å². The number of benzene rings is 1. The Morgan fingerprint density at radius 2 is 1.82 bits per heavy atom. The van der Waals surface area contributed by atoms with Gasteiger partial charge in [-0.2, -0.15) is 0 Å². The maximum absolute atomic E-state index is 6.00. The van der Waals surface area contributed by atoms with Gasteiger partial charge in [0.05, 0.1) is 12.8 Å². The lowest BCUT2D eigenvalue weighted by Crippen LogP contribution is -2.29. The minimum atomic E-state index is 0.603. The van der Waals surface area contributed by atoms with Crippen LogP contribution >= 0.6 is 23.8 Å². The molecule has 1 rings (SSSR count). The molecule has 2 N–H and O–H groups in total. The lowest BCUT2D eigenvalue weighted by atomic mass is 10.1. The van der Waals surface area contributed by atoms with Gasteiger partial charge in [-0.1, -0.05) is 57.0 Å². The minimum absolute atomic E-state index is 0.603. The van der Waals surface area contributed by atoms with Gasteiger partial charge in [-0.3, -0.25) is 0 Å². The van der Waals surface area contributed by atoms with Crippen LogP contribution in [0.1, 0.15) is 51.9 Å². The van der Waals surface area contributed by atoms with Gasteiger partial charge in [0.2, 0.25) is 0 Å². The second kappa shape index (κ2) is 11.6. The van der Waals surface area contributed by atoms with Crippen molar-refractivity contribution in [3.63, 3.8) is 0 Å². The minimum Gasteiger partial charge on any atom is -0.495 e. The Balaban J connectivity index is 2.20. The highest BCUT2D eigenvalue weighted by molar-refractivity contribution is 7.80. The zero-order valence-electron chi connectivity index (χ0n) is 13.6. The summed E-state index contributed by atoms with van der Waals surface area (Å²) in [5.41, 5.74) is 0.784. The van der Waals surface area contributed by atoms with Gasteiger partial charge in [-0.15, -0.1) is 0 Å². The molecule has 0 saturated heterocycles. The van der Waals surface area contributed by atoms with E-state index < -0.39 is 0 Å². The van der Waals surface area contributed by atoms with E-state index in [-0.39, 0.29) is 0 Å². The molecule has 22 heavy (non-hydrogen) atoms. The van der Waals surface area contributed by atoms with Crippen LogP contribution in [0.5, 0.6) is 5.75 Å². The predicted octanol–water partition coefficient (Wildman–Crippen LogP) is 5.39. The molecule has 1 aromatic carbocycles. The first-order valence-corrected chi connectivity index (χ1v) is 8.84. The summed E-state index contributed by atoms with van der Waals surface area (Å²) in [5, 5.41) is 7.61. The summed E-state index contributed by atoms with van der Waals surface area (Å²) in [4.78, 5) is 0. The standard InChI is InChI=1S/C17H27ClN2OS/c1-3-4-5-6-7-8-9-12-19-17(22)20-15-13-14(18)10-11-16(15)21-2/h10-11,13H,3-9,12H2,1-2H3,(H2,19,20,22). The Bertz CT molecular complexity index is 454. The lowest BCUT2D eigenvalue weighted by molar-refractivity contribution is 0.417. The Morgan fingerprint density at radius 1 is 1.14 bits per heavy atom. The van der Waals surface area contributed by atoms with E-state index in [1.54, 1.807) is 13.2 Å². The fraction of sp³-hybridized carbons (Fsp3) is 0.588. The van der Waals surface area contributed by atoms with Gasteiger partial charge in [-0.25, -0.2) is 0 Å². The third kappa shape index (κ3) is 7.85. The normalized spacial score (nSPS) is 10.3. The van der Waals surface area contributed by atoms with Crippen molar-refractivity contribution in [2.75, 3.05) is 19.0 Å². The van der Waals surface area contributed by atoms with E-state index in [1.807, 2.05) is 12.1 Å². The third-order valence-corrected chi connectivity index (χ3v) is 3.96. The fourth-order valence-corrected chi connectivity index (χ4v) is 2.61. The van der Waals surface area contributed by atoms with Gasteiger partial charge in [0.15, 0.2) is 5.11 Å². The molecule has 0 saturated carbocycles. The largest absolute Gasteiger partial charge is 0.495 e. The number of unbranched alkanes of at least 4 members (excludes halogenated alkanes) is 6. The number of hydrogen-bond donors (Lipinski definition) is 2. The quantitative estimate of drug-likeness (QED) is 0.441. The van der Waals surface area contributed by atoms with E-state index in [0.29, 0.717) is 10.1 Å². The lowest BCUT2D eigenvalue weighted by Gasteiger charge is -2.13. The van der Waals surface area contributed by atoms with Gasteiger partial charge >= 0.3 is 0 Å². The van der Waals surface area contributed by atoms with Gasteiger partial charge in [-0.05, 0) is 36.8 Å². The number of anilines is 1. The van der Waals surface area contributed by atoms with Crippen molar-refractivity contribution in [3.8, 4) is 5.75 Å². The average molecular weight is 343 g/mol. The summed E-state index contributed by atoms with van der Waals surface area (Å²) in [6.07, 6.45) is 9.06. The van der Waals surface area contributed by atoms with Crippen LogP contribution in [0.3, 0.4) is 0 Å². The maximum atomic E-state index is 6.00. The number of ether oxygens (including phenoxy) is 1. The number of halogens is 1. The zero-order chi connectivity index (χ0) is 16.2. The van der Waals surface area contributed by atoms with Crippen LogP contribution in [0.25, 0.3) is 0 Å². The second-order valence-corrected chi connectivity index (χ2v) is 6.19. The average Bonchev–Trinajstić information content (AvgIpc) is 2.50. The summed E-state index contributed by atoms with van der Waals surface area (Å²) in [6.45, 7) is 3.13. The number of thiocarbonyl (C=S) groups is 1. The first-order chi connectivity index (χ1) is 10.7. The number of rotatable bonds is 10. The summed E-state index contributed by atoms with van der Waals surface area (Å²) in [7, 11) is 1.63. The summed E-state index contributed by atoms with van der Waals surface area (Å²) < 4.78 is 5.28. The molecule has 0 unspecified atom stereocenters. The molecule has 0 amide bonds. The maximum Gasteiger partial charge on any atom is 0.170 e. The number of hydrogen-bond acceptors (Lipinski definition) is 2. The third-order valence-electron chi connectivity index (χ3n) is 3.48. The highest BCUT2D eigenvalue weighted by Crippen LogP contribution is 2.27. The molecule has 0 spiro atoms. The monoisotopic (exact) mass is 342 g/mol. The molecule has 1 aromatic rings. The van der Waals surface area contributed by atoms with Crippen molar-refractivity contribution in [3.05, 3.63) is 23.2 Å². The van der Waals surface area contributed by atoms with Gasteiger partial charge in [0, 0.05) is 11.6 Å². The second-order valence-electron chi connectivity index (χ2n) is 5.35. The Labute approximate surface area is 144 Å². The van der Waals surface area contributed by atoms with Crippen molar-refractivity contribution in [1.82, 2.24) is 5.32 Å². The van der Waals surface area contributed by atoms with E-state index in [9.17, 15) is 0 Å². The van der Waals surface area contributed by atoms with Crippen molar-refractivity contribution in [2.24, 2.45) is 0 Å². The van der Waals surface area contributed by atoms with E-state index in [4.69, 9.17) is 28.6 Å². The first kappa shape index (κ1) is 19.0. The van der Waals surface area contributed by atoms with Crippen molar-refractivity contribution in [1.29, 1.82) is 0 Å². The van der Waals surface area contributed by atoms with Gasteiger partial charge in [0.1, 0.15) is 5.75 Å². The smallest absolute Gasteiger partial charge is 0.170 e. The molecular weight excluding hydrogens is 316 g/mol.